The van der Waals surface area contributed by atoms with Gasteiger partial charge in [-0.25, -0.2) is 4.98 Å². The number of halogens is 1. The monoisotopic (exact) mass is 489 g/mol. The first kappa shape index (κ1) is 22.6. The van der Waals surface area contributed by atoms with Crippen LogP contribution in [0.1, 0.15) is 15.4 Å². The maximum atomic E-state index is 13.0. The van der Waals surface area contributed by atoms with Gasteiger partial charge in [0.25, 0.3) is 5.91 Å². The zero-order chi connectivity index (χ0) is 23.3. The van der Waals surface area contributed by atoms with Gasteiger partial charge in [0.15, 0.2) is 0 Å². The molecule has 1 aliphatic rings. The van der Waals surface area contributed by atoms with E-state index in [2.05, 4.69) is 10.3 Å². The van der Waals surface area contributed by atoms with E-state index in [0.29, 0.717) is 24.4 Å². The standard InChI is InChI=1S/C27H24ClN3O2S/c28-22-10-6-20(7-11-22)25-19-34-26(29-25)18-30-14-16-31(17-15-30)27(32)21-8-12-24(13-9-21)33-23-4-2-1-3-5-23/h1-13,19H,14-18H2. The van der Waals surface area contributed by atoms with Crippen LogP contribution in [0, 0.1) is 0 Å². The lowest BCUT2D eigenvalue weighted by Crippen LogP contribution is -2.48. The van der Waals surface area contributed by atoms with Gasteiger partial charge < -0.3 is 9.64 Å². The predicted molar refractivity (Wildman–Crippen MR) is 137 cm³/mol. The van der Waals surface area contributed by atoms with Crippen molar-refractivity contribution >= 4 is 28.8 Å². The van der Waals surface area contributed by atoms with Crippen LogP contribution < -0.4 is 4.74 Å². The van der Waals surface area contributed by atoms with Crippen molar-refractivity contribution in [3.8, 4) is 22.8 Å². The van der Waals surface area contributed by atoms with E-state index < -0.39 is 0 Å². The van der Waals surface area contributed by atoms with Crippen LogP contribution in [0.15, 0.2) is 84.2 Å². The average Bonchev–Trinajstić information content (AvgIpc) is 3.34. The molecule has 5 nitrogen and oxygen atoms in total. The molecular weight excluding hydrogens is 466 g/mol. The quantitative estimate of drug-likeness (QED) is 0.323. The number of nitrogens with zero attached hydrogens (tertiary/aromatic N) is 3. The largest absolute Gasteiger partial charge is 0.457 e. The van der Waals surface area contributed by atoms with Crippen LogP contribution in [0.3, 0.4) is 0 Å². The molecule has 1 amide bonds. The Morgan fingerprint density at radius 2 is 1.56 bits per heavy atom. The second-order valence-corrected chi connectivity index (χ2v) is 9.52. The Balaban J connectivity index is 1.13. The number of piperazine rings is 1. The van der Waals surface area contributed by atoms with Crippen molar-refractivity contribution in [3.63, 3.8) is 0 Å². The van der Waals surface area contributed by atoms with Crippen molar-refractivity contribution in [2.45, 2.75) is 6.54 Å². The molecule has 3 aromatic carbocycles. The van der Waals surface area contributed by atoms with Crippen LogP contribution >= 0.6 is 22.9 Å². The molecule has 172 valence electrons. The molecule has 0 unspecified atom stereocenters. The highest BCUT2D eigenvalue weighted by Gasteiger charge is 2.23. The molecule has 0 atom stereocenters. The summed E-state index contributed by atoms with van der Waals surface area (Å²) in [4.78, 5) is 22.0. The SMILES string of the molecule is O=C(c1ccc(Oc2ccccc2)cc1)N1CCN(Cc2nc(-c3ccc(Cl)cc3)cs2)CC1. The molecule has 0 spiro atoms. The third kappa shape index (κ3) is 5.47. The van der Waals surface area contributed by atoms with Crippen molar-refractivity contribution < 1.29 is 9.53 Å². The van der Waals surface area contributed by atoms with Gasteiger partial charge in [0.05, 0.1) is 12.2 Å². The first-order chi connectivity index (χ1) is 16.6. The zero-order valence-electron chi connectivity index (χ0n) is 18.6. The third-order valence-electron chi connectivity index (χ3n) is 5.79. The first-order valence-corrected chi connectivity index (χ1v) is 12.4. The predicted octanol–water partition coefficient (Wildman–Crippen LogP) is 6.21. The minimum absolute atomic E-state index is 0.0604. The highest BCUT2D eigenvalue weighted by atomic mass is 35.5. The number of carbonyl (C=O) groups is 1. The molecule has 2 heterocycles. The lowest BCUT2D eigenvalue weighted by molar-refractivity contribution is 0.0628. The Bertz CT molecular complexity index is 1240. The Morgan fingerprint density at radius 3 is 2.26 bits per heavy atom. The van der Waals surface area contributed by atoms with Crippen LogP contribution in [0.5, 0.6) is 11.5 Å². The number of thiazole rings is 1. The summed E-state index contributed by atoms with van der Waals surface area (Å²) in [6.45, 7) is 3.87. The lowest BCUT2D eigenvalue weighted by Gasteiger charge is -2.34. The second-order valence-electron chi connectivity index (χ2n) is 8.14. The smallest absolute Gasteiger partial charge is 0.253 e. The molecule has 7 heteroatoms. The number of hydrogen-bond donors (Lipinski definition) is 0. The van der Waals surface area contributed by atoms with Gasteiger partial charge in [0.2, 0.25) is 0 Å². The number of ether oxygens (including phenoxy) is 1. The molecule has 0 N–H and O–H groups in total. The van der Waals surface area contributed by atoms with Crippen molar-refractivity contribution in [1.82, 2.24) is 14.8 Å². The van der Waals surface area contributed by atoms with E-state index in [1.54, 1.807) is 11.3 Å². The van der Waals surface area contributed by atoms with E-state index in [-0.39, 0.29) is 5.91 Å². The van der Waals surface area contributed by atoms with Crippen LogP contribution in [-0.4, -0.2) is 46.9 Å². The minimum Gasteiger partial charge on any atom is -0.457 e. The molecule has 34 heavy (non-hydrogen) atoms. The fourth-order valence-corrected chi connectivity index (χ4v) is 4.88. The van der Waals surface area contributed by atoms with Crippen LogP contribution in [-0.2, 0) is 6.54 Å². The topological polar surface area (TPSA) is 45.7 Å². The first-order valence-electron chi connectivity index (χ1n) is 11.2. The van der Waals surface area contributed by atoms with Gasteiger partial charge in [0.1, 0.15) is 16.5 Å². The van der Waals surface area contributed by atoms with Gasteiger partial charge in [0, 0.05) is 47.7 Å². The average molecular weight is 490 g/mol. The number of amides is 1. The number of aromatic nitrogens is 1. The summed E-state index contributed by atoms with van der Waals surface area (Å²) in [5, 5.41) is 3.89. The van der Waals surface area contributed by atoms with E-state index >= 15 is 0 Å². The molecule has 4 aromatic rings. The van der Waals surface area contributed by atoms with E-state index in [1.807, 2.05) is 83.8 Å². The lowest BCUT2D eigenvalue weighted by atomic mass is 10.1. The molecule has 1 saturated heterocycles. The maximum Gasteiger partial charge on any atom is 0.253 e. The number of rotatable bonds is 6. The second kappa shape index (κ2) is 10.4. The summed E-state index contributed by atoms with van der Waals surface area (Å²) < 4.78 is 5.82. The number of carbonyl (C=O) groups excluding carboxylic acids is 1. The number of benzene rings is 3. The highest BCUT2D eigenvalue weighted by Crippen LogP contribution is 2.25. The number of hydrogen-bond acceptors (Lipinski definition) is 5. The summed E-state index contributed by atoms with van der Waals surface area (Å²) in [6, 6.07) is 24.7. The number of para-hydroxylation sites is 1. The van der Waals surface area contributed by atoms with Crippen LogP contribution in [0.2, 0.25) is 5.02 Å². The molecule has 1 aliphatic heterocycles. The van der Waals surface area contributed by atoms with Gasteiger partial charge in [-0.3, -0.25) is 9.69 Å². The fraction of sp³-hybridized carbons (Fsp3) is 0.185. The van der Waals surface area contributed by atoms with E-state index in [4.69, 9.17) is 21.3 Å². The minimum atomic E-state index is 0.0604. The maximum absolute atomic E-state index is 13.0. The molecule has 0 radical (unpaired) electrons. The van der Waals surface area contributed by atoms with Gasteiger partial charge in [-0.1, -0.05) is 41.9 Å². The summed E-state index contributed by atoms with van der Waals surface area (Å²) >= 11 is 7.65. The Morgan fingerprint density at radius 1 is 0.882 bits per heavy atom. The summed E-state index contributed by atoms with van der Waals surface area (Å²) in [6.07, 6.45) is 0. The van der Waals surface area contributed by atoms with Gasteiger partial charge in [-0.2, -0.15) is 0 Å². The molecule has 0 aliphatic carbocycles. The van der Waals surface area contributed by atoms with E-state index in [0.717, 1.165) is 46.7 Å². The van der Waals surface area contributed by atoms with Crippen molar-refractivity contribution in [2.75, 3.05) is 26.2 Å². The Kier molecular flexibility index (Phi) is 6.90. The Labute approximate surface area is 208 Å². The van der Waals surface area contributed by atoms with Crippen LogP contribution in [0.4, 0.5) is 0 Å². The normalized spacial score (nSPS) is 14.2. The van der Waals surface area contributed by atoms with E-state index in [9.17, 15) is 4.79 Å². The molecule has 1 aromatic heterocycles. The zero-order valence-corrected chi connectivity index (χ0v) is 20.1. The van der Waals surface area contributed by atoms with Gasteiger partial charge >= 0.3 is 0 Å². The van der Waals surface area contributed by atoms with Crippen molar-refractivity contribution in [3.05, 3.63) is 99.8 Å². The van der Waals surface area contributed by atoms with Crippen molar-refractivity contribution in [2.24, 2.45) is 0 Å². The summed E-state index contributed by atoms with van der Waals surface area (Å²) in [5.41, 5.74) is 2.73. The van der Waals surface area contributed by atoms with E-state index in [1.165, 1.54) is 0 Å². The van der Waals surface area contributed by atoms with Crippen molar-refractivity contribution in [1.29, 1.82) is 0 Å². The molecule has 5 rings (SSSR count). The summed E-state index contributed by atoms with van der Waals surface area (Å²) in [7, 11) is 0. The van der Waals surface area contributed by atoms with Gasteiger partial charge in [-0.15, -0.1) is 11.3 Å². The summed E-state index contributed by atoms with van der Waals surface area (Å²) in [5.74, 6) is 1.55. The molecule has 0 bridgehead atoms. The van der Waals surface area contributed by atoms with Gasteiger partial charge in [-0.05, 0) is 48.5 Å². The Hall–Kier alpha value is -3.19. The highest BCUT2D eigenvalue weighted by molar-refractivity contribution is 7.09. The van der Waals surface area contributed by atoms with Crippen LogP contribution in [0.25, 0.3) is 11.3 Å². The third-order valence-corrected chi connectivity index (χ3v) is 6.88. The molecule has 0 saturated carbocycles. The molecule has 1 fully saturated rings. The fourth-order valence-electron chi connectivity index (χ4n) is 3.91. The molecular formula is C27H24ClN3O2S.